The monoisotopic (exact) mass is 283 g/mol. The molecule has 110 valence electrons. The molecule has 0 aliphatic carbocycles. The third-order valence-electron chi connectivity index (χ3n) is 3.43. The van der Waals surface area contributed by atoms with Crippen LogP contribution in [0.25, 0.3) is 0 Å². The van der Waals surface area contributed by atoms with Crippen molar-refractivity contribution in [3.05, 3.63) is 22.4 Å². The van der Waals surface area contributed by atoms with Gasteiger partial charge in [-0.1, -0.05) is 6.07 Å². The Morgan fingerprint density at radius 2 is 2.00 bits per heavy atom. The van der Waals surface area contributed by atoms with Crippen LogP contribution in [-0.2, 0) is 6.42 Å². The highest BCUT2D eigenvalue weighted by Gasteiger charge is 2.09. The maximum atomic E-state index is 3.52. The maximum absolute atomic E-state index is 3.52. The Morgan fingerprint density at radius 3 is 2.63 bits per heavy atom. The molecular weight excluding hydrogens is 254 g/mol. The van der Waals surface area contributed by atoms with Crippen molar-refractivity contribution in [2.75, 3.05) is 47.3 Å². The molecule has 0 bridgehead atoms. The molecule has 1 unspecified atom stereocenters. The van der Waals surface area contributed by atoms with Gasteiger partial charge in [-0.3, -0.25) is 0 Å². The van der Waals surface area contributed by atoms with Crippen LogP contribution in [0.1, 0.15) is 18.2 Å². The summed E-state index contributed by atoms with van der Waals surface area (Å²) < 4.78 is 0. The minimum atomic E-state index is 0.613. The number of hydrogen-bond acceptors (Lipinski definition) is 4. The van der Waals surface area contributed by atoms with Gasteiger partial charge in [-0.05, 0) is 65.4 Å². The van der Waals surface area contributed by atoms with Crippen LogP contribution >= 0.6 is 11.3 Å². The first-order chi connectivity index (χ1) is 9.09. The third kappa shape index (κ3) is 7.67. The molecule has 1 aromatic heterocycles. The smallest absolute Gasteiger partial charge is 0.0113 e. The lowest BCUT2D eigenvalue weighted by molar-refractivity contribution is 0.256. The first-order valence-electron chi connectivity index (χ1n) is 7.17. The SMILES string of the molecule is CC(Cc1cccs1)N(C)CCNCCCN(C)C. The van der Waals surface area contributed by atoms with Gasteiger partial charge in [-0.15, -0.1) is 11.3 Å². The van der Waals surface area contributed by atoms with Gasteiger partial charge in [0.05, 0.1) is 0 Å². The highest BCUT2D eigenvalue weighted by Crippen LogP contribution is 2.13. The molecule has 1 heterocycles. The van der Waals surface area contributed by atoms with E-state index in [0.717, 1.165) is 32.6 Å². The maximum Gasteiger partial charge on any atom is 0.0113 e. The Kier molecular flexibility index (Phi) is 8.30. The first-order valence-corrected chi connectivity index (χ1v) is 8.05. The predicted octanol–water partition coefficient (Wildman–Crippen LogP) is 2.15. The summed E-state index contributed by atoms with van der Waals surface area (Å²) in [5.74, 6) is 0. The summed E-state index contributed by atoms with van der Waals surface area (Å²) in [7, 11) is 6.47. The zero-order valence-corrected chi connectivity index (χ0v) is 13.7. The summed E-state index contributed by atoms with van der Waals surface area (Å²) in [6.45, 7) is 6.79. The zero-order valence-electron chi connectivity index (χ0n) is 12.9. The van der Waals surface area contributed by atoms with Gasteiger partial charge >= 0.3 is 0 Å². The van der Waals surface area contributed by atoms with Gasteiger partial charge in [0.1, 0.15) is 0 Å². The fourth-order valence-electron chi connectivity index (χ4n) is 2.00. The van der Waals surface area contributed by atoms with Crippen molar-refractivity contribution in [2.24, 2.45) is 0 Å². The van der Waals surface area contributed by atoms with Crippen LogP contribution in [0.5, 0.6) is 0 Å². The largest absolute Gasteiger partial charge is 0.315 e. The fourth-order valence-corrected chi connectivity index (χ4v) is 2.82. The van der Waals surface area contributed by atoms with Crippen molar-refractivity contribution in [2.45, 2.75) is 25.8 Å². The summed E-state index contributed by atoms with van der Waals surface area (Å²) in [6.07, 6.45) is 2.39. The molecule has 1 rings (SSSR count). The van der Waals surface area contributed by atoms with E-state index in [1.54, 1.807) is 0 Å². The second kappa shape index (κ2) is 9.48. The highest BCUT2D eigenvalue weighted by atomic mass is 32.1. The quantitative estimate of drug-likeness (QED) is 0.664. The molecule has 19 heavy (non-hydrogen) atoms. The van der Waals surface area contributed by atoms with E-state index in [4.69, 9.17) is 0 Å². The molecule has 1 aromatic rings. The molecular formula is C15H29N3S. The van der Waals surface area contributed by atoms with Crippen molar-refractivity contribution in [3.63, 3.8) is 0 Å². The standard InChI is InChI=1S/C15H29N3S/c1-14(13-15-7-5-12-19-15)18(4)11-9-16-8-6-10-17(2)3/h5,7,12,14,16H,6,8-11,13H2,1-4H3. The van der Waals surface area contributed by atoms with E-state index in [9.17, 15) is 0 Å². The first kappa shape index (κ1) is 16.6. The minimum absolute atomic E-state index is 0.613. The lowest BCUT2D eigenvalue weighted by atomic mass is 10.2. The van der Waals surface area contributed by atoms with Gasteiger partial charge in [0, 0.05) is 24.0 Å². The van der Waals surface area contributed by atoms with Gasteiger partial charge in [0.15, 0.2) is 0 Å². The third-order valence-corrected chi connectivity index (χ3v) is 4.33. The van der Waals surface area contributed by atoms with E-state index in [-0.39, 0.29) is 0 Å². The van der Waals surface area contributed by atoms with Crippen LogP contribution in [0, 0.1) is 0 Å². The van der Waals surface area contributed by atoms with Crippen LogP contribution in [0.4, 0.5) is 0 Å². The summed E-state index contributed by atoms with van der Waals surface area (Å²) >= 11 is 1.86. The van der Waals surface area contributed by atoms with E-state index in [1.807, 2.05) is 11.3 Å². The number of likely N-dealkylation sites (N-methyl/N-ethyl adjacent to an activating group) is 1. The summed E-state index contributed by atoms with van der Waals surface area (Å²) in [6, 6.07) is 4.98. The normalized spacial score (nSPS) is 13.4. The Labute approximate surface area is 122 Å². The van der Waals surface area contributed by atoms with E-state index in [2.05, 4.69) is 60.7 Å². The predicted molar refractivity (Wildman–Crippen MR) is 86.2 cm³/mol. The van der Waals surface area contributed by atoms with Gasteiger partial charge in [-0.2, -0.15) is 0 Å². The van der Waals surface area contributed by atoms with Gasteiger partial charge in [0.25, 0.3) is 0 Å². The summed E-state index contributed by atoms with van der Waals surface area (Å²) in [4.78, 5) is 6.16. The molecule has 1 atom stereocenters. The lowest BCUT2D eigenvalue weighted by Gasteiger charge is -2.24. The molecule has 0 spiro atoms. The van der Waals surface area contributed by atoms with Crippen molar-refractivity contribution >= 4 is 11.3 Å². The van der Waals surface area contributed by atoms with E-state index in [1.165, 1.54) is 11.3 Å². The fraction of sp³-hybridized carbons (Fsp3) is 0.733. The molecule has 0 amide bonds. The number of nitrogens with zero attached hydrogens (tertiary/aromatic N) is 2. The van der Waals surface area contributed by atoms with Crippen LogP contribution in [0.3, 0.4) is 0 Å². The van der Waals surface area contributed by atoms with Crippen molar-refractivity contribution in [1.29, 1.82) is 0 Å². The van der Waals surface area contributed by atoms with E-state index in [0.29, 0.717) is 6.04 Å². The van der Waals surface area contributed by atoms with Gasteiger partial charge in [0.2, 0.25) is 0 Å². The highest BCUT2D eigenvalue weighted by molar-refractivity contribution is 7.09. The minimum Gasteiger partial charge on any atom is -0.315 e. The molecule has 0 aliphatic rings. The second-order valence-corrected chi connectivity index (χ2v) is 6.55. The number of hydrogen-bond donors (Lipinski definition) is 1. The average Bonchev–Trinajstić information content (AvgIpc) is 2.85. The molecule has 1 N–H and O–H groups in total. The Bertz CT molecular complexity index is 311. The summed E-state index contributed by atoms with van der Waals surface area (Å²) in [5.41, 5.74) is 0. The Hall–Kier alpha value is -0.420. The molecule has 0 saturated heterocycles. The number of thiophene rings is 1. The second-order valence-electron chi connectivity index (χ2n) is 5.52. The van der Waals surface area contributed by atoms with Crippen molar-refractivity contribution in [1.82, 2.24) is 15.1 Å². The van der Waals surface area contributed by atoms with Crippen molar-refractivity contribution < 1.29 is 0 Å². The molecule has 0 aliphatic heterocycles. The van der Waals surface area contributed by atoms with E-state index >= 15 is 0 Å². The van der Waals surface area contributed by atoms with Gasteiger partial charge in [-0.25, -0.2) is 0 Å². The van der Waals surface area contributed by atoms with Crippen LogP contribution in [0.15, 0.2) is 17.5 Å². The van der Waals surface area contributed by atoms with Crippen LogP contribution < -0.4 is 5.32 Å². The lowest BCUT2D eigenvalue weighted by Crippen LogP contribution is -2.36. The number of nitrogens with one attached hydrogen (secondary N) is 1. The molecule has 4 heteroatoms. The molecule has 0 fully saturated rings. The average molecular weight is 283 g/mol. The van der Waals surface area contributed by atoms with Crippen molar-refractivity contribution in [3.8, 4) is 0 Å². The molecule has 0 aromatic carbocycles. The number of rotatable bonds is 10. The Balaban J connectivity index is 2.05. The van der Waals surface area contributed by atoms with E-state index < -0.39 is 0 Å². The van der Waals surface area contributed by atoms with Crippen LogP contribution in [-0.4, -0.2) is 63.2 Å². The zero-order chi connectivity index (χ0) is 14.1. The van der Waals surface area contributed by atoms with Gasteiger partial charge < -0.3 is 15.1 Å². The molecule has 0 radical (unpaired) electrons. The Morgan fingerprint density at radius 1 is 1.21 bits per heavy atom. The summed E-state index contributed by atoms with van der Waals surface area (Å²) in [5, 5.41) is 5.68. The molecule has 0 saturated carbocycles. The molecule has 3 nitrogen and oxygen atoms in total. The topological polar surface area (TPSA) is 18.5 Å². The van der Waals surface area contributed by atoms with Crippen LogP contribution in [0.2, 0.25) is 0 Å².